The average molecular weight is 285 g/mol. The molecule has 1 aromatic rings. The molecule has 0 amide bonds. The van der Waals surface area contributed by atoms with Gasteiger partial charge in [-0.2, -0.15) is 4.31 Å². The summed E-state index contributed by atoms with van der Waals surface area (Å²) in [4.78, 5) is 3.89. The van der Waals surface area contributed by atoms with Gasteiger partial charge in [-0.3, -0.25) is 0 Å². The normalized spacial score (nSPS) is 17.2. The predicted molar refractivity (Wildman–Crippen MR) is 71.9 cm³/mol. The van der Waals surface area contributed by atoms with Crippen molar-refractivity contribution in [1.82, 2.24) is 9.29 Å². The van der Waals surface area contributed by atoms with Crippen LogP contribution in [-0.2, 0) is 10.0 Å². The largest absolute Gasteiger partial charge is 0.396 e. The van der Waals surface area contributed by atoms with Crippen molar-refractivity contribution in [3.05, 3.63) is 18.3 Å². The molecule has 0 atom stereocenters. The van der Waals surface area contributed by atoms with E-state index in [1.807, 2.05) is 0 Å². The first kappa shape index (κ1) is 14.2. The number of nitrogens with zero attached hydrogens (tertiary/aromatic N) is 2. The zero-order chi connectivity index (χ0) is 13.9. The van der Waals surface area contributed by atoms with Crippen LogP contribution in [0.5, 0.6) is 0 Å². The molecule has 6 nitrogen and oxygen atoms in total. The minimum Gasteiger partial charge on any atom is -0.396 e. The zero-order valence-corrected chi connectivity index (χ0v) is 11.5. The smallest absolute Gasteiger partial charge is 0.262 e. The summed E-state index contributed by atoms with van der Waals surface area (Å²) >= 11 is 0. The van der Waals surface area contributed by atoms with Crippen molar-refractivity contribution < 1.29 is 13.5 Å². The van der Waals surface area contributed by atoms with E-state index in [4.69, 9.17) is 10.8 Å². The quantitative estimate of drug-likeness (QED) is 0.825. The predicted octanol–water partition coefficient (Wildman–Crippen LogP) is 0.589. The van der Waals surface area contributed by atoms with Crippen LogP contribution in [0.3, 0.4) is 0 Å². The molecule has 19 heavy (non-hydrogen) atoms. The number of hydrogen-bond donors (Lipinski definition) is 2. The van der Waals surface area contributed by atoms with E-state index in [0.717, 1.165) is 25.7 Å². The van der Waals surface area contributed by atoms with Crippen molar-refractivity contribution >= 4 is 15.7 Å². The van der Waals surface area contributed by atoms with Crippen LogP contribution in [-0.4, -0.2) is 42.0 Å². The Balaban J connectivity index is 2.36. The number of pyridine rings is 1. The molecule has 1 saturated carbocycles. The van der Waals surface area contributed by atoms with Crippen LogP contribution in [0.1, 0.15) is 25.7 Å². The lowest BCUT2D eigenvalue weighted by Gasteiger charge is -2.27. The van der Waals surface area contributed by atoms with Gasteiger partial charge in [0.25, 0.3) is 10.0 Å². The summed E-state index contributed by atoms with van der Waals surface area (Å²) < 4.78 is 26.6. The van der Waals surface area contributed by atoms with Gasteiger partial charge in [0.15, 0.2) is 5.03 Å². The Morgan fingerprint density at radius 3 is 2.68 bits per heavy atom. The molecule has 0 radical (unpaired) electrons. The molecule has 0 bridgehead atoms. The zero-order valence-electron chi connectivity index (χ0n) is 10.7. The highest BCUT2D eigenvalue weighted by Gasteiger charge is 2.34. The summed E-state index contributed by atoms with van der Waals surface area (Å²) in [5.41, 5.74) is 5.85. The van der Waals surface area contributed by atoms with Crippen molar-refractivity contribution in [2.24, 2.45) is 0 Å². The fourth-order valence-electron chi connectivity index (χ4n) is 2.52. The number of nitrogens with two attached hydrogens (primary N) is 1. The second-order valence-electron chi connectivity index (χ2n) is 4.68. The van der Waals surface area contributed by atoms with Gasteiger partial charge >= 0.3 is 0 Å². The Labute approximate surface area is 113 Å². The van der Waals surface area contributed by atoms with Crippen LogP contribution in [0.2, 0.25) is 0 Å². The number of hydrogen-bond acceptors (Lipinski definition) is 5. The Morgan fingerprint density at radius 1 is 1.42 bits per heavy atom. The van der Waals surface area contributed by atoms with Gasteiger partial charge in [-0.1, -0.05) is 12.8 Å². The van der Waals surface area contributed by atoms with Crippen LogP contribution in [0.15, 0.2) is 23.4 Å². The molecule has 3 N–H and O–H groups in total. The maximum Gasteiger partial charge on any atom is 0.262 e. The first-order chi connectivity index (χ1) is 9.07. The molecule has 106 valence electrons. The molecule has 0 unspecified atom stereocenters. The fourth-order valence-corrected chi connectivity index (χ4v) is 4.23. The molecule has 0 saturated heterocycles. The van der Waals surface area contributed by atoms with Gasteiger partial charge < -0.3 is 10.8 Å². The summed E-state index contributed by atoms with van der Waals surface area (Å²) in [7, 11) is -3.74. The van der Waals surface area contributed by atoms with Crippen LogP contribution < -0.4 is 5.73 Å². The molecular formula is C12H19N3O3S. The summed E-state index contributed by atoms with van der Waals surface area (Å²) in [6.07, 6.45) is 5.09. The highest BCUT2D eigenvalue weighted by Crippen LogP contribution is 2.29. The molecule has 1 aliphatic rings. The van der Waals surface area contributed by atoms with E-state index in [9.17, 15) is 8.42 Å². The third kappa shape index (κ3) is 2.88. The van der Waals surface area contributed by atoms with E-state index in [2.05, 4.69) is 4.98 Å². The number of nitrogen functional groups attached to an aromatic ring is 1. The second kappa shape index (κ2) is 5.85. The number of aliphatic hydroxyl groups excluding tert-OH is 1. The Bertz CT molecular complexity index is 527. The van der Waals surface area contributed by atoms with E-state index in [-0.39, 0.29) is 29.9 Å². The van der Waals surface area contributed by atoms with Crippen molar-refractivity contribution in [2.45, 2.75) is 36.8 Å². The molecule has 0 aliphatic heterocycles. The van der Waals surface area contributed by atoms with E-state index >= 15 is 0 Å². The highest BCUT2D eigenvalue weighted by atomic mass is 32.2. The van der Waals surface area contributed by atoms with Gasteiger partial charge in [0.2, 0.25) is 0 Å². The first-order valence-corrected chi connectivity index (χ1v) is 7.84. The molecule has 2 rings (SSSR count). The molecule has 0 aromatic carbocycles. The third-order valence-corrected chi connectivity index (χ3v) is 5.33. The molecular weight excluding hydrogens is 266 g/mol. The van der Waals surface area contributed by atoms with Crippen LogP contribution in [0.25, 0.3) is 0 Å². The molecule has 1 heterocycles. The van der Waals surface area contributed by atoms with Crippen molar-refractivity contribution in [1.29, 1.82) is 0 Å². The molecule has 1 aliphatic carbocycles. The Hall–Kier alpha value is -1.18. The van der Waals surface area contributed by atoms with Crippen LogP contribution in [0.4, 0.5) is 5.69 Å². The van der Waals surface area contributed by atoms with E-state index in [1.165, 1.54) is 16.6 Å². The van der Waals surface area contributed by atoms with Crippen molar-refractivity contribution in [2.75, 3.05) is 18.9 Å². The topological polar surface area (TPSA) is 96.5 Å². The summed E-state index contributed by atoms with van der Waals surface area (Å²) in [5, 5.41) is 9.00. The first-order valence-electron chi connectivity index (χ1n) is 6.40. The Morgan fingerprint density at radius 2 is 2.11 bits per heavy atom. The monoisotopic (exact) mass is 285 g/mol. The van der Waals surface area contributed by atoms with Gasteiger partial charge in [0, 0.05) is 18.8 Å². The van der Waals surface area contributed by atoms with E-state index < -0.39 is 10.0 Å². The molecule has 1 fully saturated rings. The van der Waals surface area contributed by atoms with Gasteiger partial charge in [0.1, 0.15) is 0 Å². The number of sulfonamides is 1. The number of aliphatic hydroxyl groups is 1. The van der Waals surface area contributed by atoms with Gasteiger partial charge in [-0.05, 0) is 25.0 Å². The molecule has 7 heteroatoms. The lowest BCUT2D eigenvalue weighted by atomic mass is 10.2. The summed E-state index contributed by atoms with van der Waals surface area (Å²) in [5.74, 6) is 0. The lowest BCUT2D eigenvalue weighted by Crippen LogP contribution is -2.41. The van der Waals surface area contributed by atoms with E-state index in [1.54, 1.807) is 6.07 Å². The van der Waals surface area contributed by atoms with Crippen LogP contribution >= 0.6 is 0 Å². The lowest BCUT2D eigenvalue weighted by molar-refractivity contribution is 0.226. The number of aromatic nitrogens is 1. The standard InChI is InChI=1S/C12H19N3O3S/c13-11-6-3-7-14-12(11)19(17,18)15(8-9-16)10-4-1-2-5-10/h3,6-7,10,16H,1-2,4-5,8-9,13H2. The SMILES string of the molecule is Nc1cccnc1S(=O)(=O)N(CCO)C1CCCC1. The van der Waals surface area contributed by atoms with E-state index in [0.29, 0.717) is 0 Å². The maximum absolute atomic E-state index is 12.6. The second-order valence-corrected chi connectivity index (χ2v) is 6.48. The minimum absolute atomic E-state index is 0.0569. The molecule has 1 aromatic heterocycles. The highest BCUT2D eigenvalue weighted by molar-refractivity contribution is 7.89. The average Bonchev–Trinajstić information content (AvgIpc) is 2.89. The molecule has 0 spiro atoms. The third-order valence-electron chi connectivity index (χ3n) is 3.41. The van der Waals surface area contributed by atoms with Gasteiger partial charge in [-0.15, -0.1) is 0 Å². The number of anilines is 1. The summed E-state index contributed by atoms with van der Waals surface area (Å²) in [6, 6.07) is 3.06. The van der Waals surface area contributed by atoms with Crippen molar-refractivity contribution in [3.8, 4) is 0 Å². The van der Waals surface area contributed by atoms with Gasteiger partial charge in [0.05, 0.1) is 12.3 Å². The fraction of sp³-hybridized carbons (Fsp3) is 0.583. The van der Waals surface area contributed by atoms with Gasteiger partial charge in [-0.25, -0.2) is 13.4 Å². The van der Waals surface area contributed by atoms with Crippen LogP contribution in [0, 0.1) is 0 Å². The number of rotatable bonds is 5. The van der Waals surface area contributed by atoms with Crippen molar-refractivity contribution in [3.63, 3.8) is 0 Å². The minimum atomic E-state index is -3.74. The Kier molecular flexibility index (Phi) is 4.38. The maximum atomic E-state index is 12.6. The summed E-state index contributed by atoms with van der Waals surface area (Å²) in [6.45, 7) is -0.120.